The molecule has 76 valence electrons. The van der Waals surface area contributed by atoms with E-state index in [9.17, 15) is 4.79 Å². The number of hydrogen-bond acceptors (Lipinski definition) is 1. The molecule has 0 heterocycles. The van der Waals surface area contributed by atoms with E-state index in [1.807, 2.05) is 24.3 Å². The van der Waals surface area contributed by atoms with Gasteiger partial charge in [0.05, 0.1) is 0 Å². The molecule has 0 aliphatic carbocycles. The van der Waals surface area contributed by atoms with Gasteiger partial charge in [-0.3, -0.25) is 0 Å². The third kappa shape index (κ3) is 3.27. The van der Waals surface area contributed by atoms with Crippen LogP contribution in [0.4, 0.5) is 0 Å². The lowest BCUT2D eigenvalue weighted by molar-refractivity contribution is -0.112. The Bertz CT molecular complexity index is 341. The topological polar surface area (TPSA) is 17.1 Å². The number of rotatable bonds is 3. The van der Waals surface area contributed by atoms with Crippen molar-refractivity contribution in [2.45, 2.75) is 26.1 Å². The maximum atomic E-state index is 11.8. The van der Waals surface area contributed by atoms with Gasteiger partial charge in [0.15, 0.2) is 0 Å². The number of carbonyl (C=O) groups excluding carboxylic acids is 1. The summed E-state index contributed by atoms with van der Waals surface area (Å²) >= 11 is 5.84. The molecule has 0 fully saturated rings. The molecule has 0 saturated heterocycles. The summed E-state index contributed by atoms with van der Waals surface area (Å²) < 4.78 is 0. The van der Waals surface area contributed by atoms with E-state index < -0.39 is 8.07 Å². The summed E-state index contributed by atoms with van der Waals surface area (Å²) in [6.07, 6.45) is 0.524. The van der Waals surface area contributed by atoms with Crippen LogP contribution in [0.1, 0.15) is 5.56 Å². The van der Waals surface area contributed by atoms with Crippen molar-refractivity contribution in [3.05, 3.63) is 34.9 Å². The Morgan fingerprint density at radius 3 is 2.50 bits per heavy atom. The summed E-state index contributed by atoms with van der Waals surface area (Å²) in [6, 6.07) is 7.52. The highest BCUT2D eigenvalue weighted by Gasteiger charge is 2.23. The van der Waals surface area contributed by atoms with Gasteiger partial charge >= 0.3 is 0 Å². The first kappa shape index (κ1) is 11.5. The van der Waals surface area contributed by atoms with Crippen LogP contribution in [0.3, 0.4) is 0 Å². The fourth-order valence-electron chi connectivity index (χ4n) is 1.10. The Morgan fingerprint density at radius 1 is 1.36 bits per heavy atom. The maximum absolute atomic E-state index is 11.8. The second-order valence-electron chi connectivity index (χ2n) is 4.48. The SMILES string of the molecule is C[Si](C)(C)C(=O)Cc1cccc(Cl)c1. The molecule has 0 radical (unpaired) electrons. The standard InChI is InChI=1S/C11H15ClOSi/c1-14(2,3)11(13)8-9-5-4-6-10(12)7-9/h4-7H,8H2,1-3H3. The molecular formula is C11H15ClOSi. The Morgan fingerprint density at radius 2 is 2.00 bits per heavy atom. The van der Waals surface area contributed by atoms with E-state index in [4.69, 9.17) is 11.6 Å². The number of halogens is 1. The lowest BCUT2D eigenvalue weighted by atomic mass is 10.2. The summed E-state index contributed by atoms with van der Waals surface area (Å²) in [5.41, 5.74) is 1.02. The van der Waals surface area contributed by atoms with E-state index in [1.54, 1.807) is 0 Å². The van der Waals surface area contributed by atoms with Crippen LogP contribution in [0.15, 0.2) is 24.3 Å². The molecule has 0 saturated carbocycles. The van der Waals surface area contributed by atoms with Crippen molar-refractivity contribution in [1.29, 1.82) is 0 Å². The lowest BCUT2D eigenvalue weighted by Gasteiger charge is -2.13. The fraction of sp³-hybridized carbons (Fsp3) is 0.364. The summed E-state index contributed by atoms with van der Waals surface area (Å²) in [5, 5.41) is 1.07. The number of hydrogen-bond donors (Lipinski definition) is 0. The van der Waals surface area contributed by atoms with Crippen LogP contribution in [-0.2, 0) is 11.2 Å². The van der Waals surface area contributed by atoms with E-state index in [1.165, 1.54) is 0 Å². The van der Waals surface area contributed by atoms with E-state index in [0.29, 0.717) is 16.8 Å². The van der Waals surface area contributed by atoms with Gasteiger partial charge in [0.25, 0.3) is 0 Å². The number of carbonyl (C=O) groups is 1. The van der Waals surface area contributed by atoms with Crippen LogP contribution < -0.4 is 0 Å². The van der Waals surface area contributed by atoms with Gasteiger partial charge < -0.3 is 4.79 Å². The van der Waals surface area contributed by atoms with Gasteiger partial charge in [-0.05, 0) is 17.7 Å². The molecule has 1 rings (SSSR count). The Labute approximate surface area is 91.1 Å². The molecule has 0 aliphatic heterocycles. The highest BCUT2D eigenvalue weighted by atomic mass is 35.5. The minimum absolute atomic E-state index is 0.375. The van der Waals surface area contributed by atoms with Crippen molar-refractivity contribution < 1.29 is 4.79 Å². The summed E-state index contributed by atoms with van der Waals surface area (Å²) in [6.45, 7) is 6.21. The molecule has 0 N–H and O–H groups in total. The summed E-state index contributed by atoms with van der Waals surface area (Å²) in [5.74, 6) is 0. The molecule has 1 aromatic carbocycles. The van der Waals surface area contributed by atoms with Crippen molar-refractivity contribution in [3.63, 3.8) is 0 Å². The van der Waals surface area contributed by atoms with E-state index in [-0.39, 0.29) is 0 Å². The predicted octanol–water partition coefficient (Wildman–Crippen LogP) is 3.33. The minimum Gasteiger partial charge on any atom is -0.305 e. The lowest BCUT2D eigenvalue weighted by Crippen LogP contribution is -2.34. The molecule has 3 heteroatoms. The van der Waals surface area contributed by atoms with Crippen LogP contribution in [0.2, 0.25) is 24.7 Å². The molecule has 0 atom stereocenters. The van der Waals surface area contributed by atoms with Gasteiger partial charge in [0.2, 0.25) is 0 Å². The first-order chi connectivity index (χ1) is 6.39. The quantitative estimate of drug-likeness (QED) is 0.723. The van der Waals surface area contributed by atoms with E-state index in [2.05, 4.69) is 19.6 Å². The van der Waals surface area contributed by atoms with Crippen LogP contribution in [0.5, 0.6) is 0 Å². The van der Waals surface area contributed by atoms with Gasteiger partial charge in [-0.2, -0.15) is 0 Å². The van der Waals surface area contributed by atoms with E-state index in [0.717, 1.165) is 5.56 Å². The molecular weight excluding hydrogens is 212 g/mol. The largest absolute Gasteiger partial charge is 0.305 e. The van der Waals surface area contributed by atoms with Crippen LogP contribution in [0.25, 0.3) is 0 Å². The van der Waals surface area contributed by atoms with Crippen molar-refractivity contribution >= 4 is 25.1 Å². The van der Waals surface area contributed by atoms with Crippen molar-refractivity contribution in [1.82, 2.24) is 0 Å². The van der Waals surface area contributed by atoms with Crippen LogP contribution in [-0.4, -0.2) is 13.5 Å². The zero-order valence-electron chi connectivity index (χ0n) is 8.80. The molecule has 0 amide bonds. The molecule has 0 bridgehead atoms. The molecule has 0 aromatic heterocycles. The zero-order valence-corrected chi connectivity index (χ0v) is 10.6. The molecule has 1 aromatic rings. The van der Waals surface area contributed by atoms with Crippen molar-refractivity contribution in [2.24, 2.45) is 0 Å². The highest BCUT2D eigenvalue weighted by molar-refractivity contribution is 7.03. The summed E-state index contributed by atoms with van der Waals surface area (Å²) in [4.78, 5) is 11.8. The average Bonchev–Trinajstić information content (AvgIpc) is 2.02. The van der Waals surface area contributed by atoms with Gasteiger partial charge in [-0.15, -0.1) is 0 Å². The van der Waals surface area contributed by atoms with Crippen molar-refractivity contribution in [3.8, 4) is 0 Å². The maximum Gasteiger partial charge on any atom is 0.124 e. The normalized spacial score (nSPS) is 11.4. The van der Waals surface area contributed by atoms with Gasteiger partial charge in [-0.1, -0.05) is 43.4 Å². The van der Waals surface area contributed by atoms with Gasteiger partial charge in [0, 0.05) is 11.4 Å². The molecule has 0 spiro atoms. The molecule has 0 aliphatic rings. The second kappa shape index (κ2) is 4.28. The molecule has 14 heavy (non-hydrogen) atoms. The Kier molecular flexibility index (Phi) is 3.51. The van der Waals surface area contributed by atoms with Gasteiger partial charge in [0.1, 0.15) is 13.5 Å². The first-order valence-corrected chi connectivity index (χ1v) is 8.55. The minimum atomic E-state index is -1.64. The summed E-state index contributed by atoms with van der Waals surface area (Å²) in [7, 11) is -1.64. The fourth-order valence-corrected chi connectivity index (χ4v) is 2.04. The Hall–Kier alpha value is -0.603. The van der Waals surface area contributed by atoms with Gasteiger partial charge in [-0.25, -0.2) is 0 Å². The van der Waals surface area contributed by atoms with E-state index >= 15 is 0 Å². The van der Waals surface area contributed by atoms with Crippen LogP contribution >= 0.6 is 11.6 Å². The molecule has 1 nitrogen and oxygen atoms in total. The predicted molar refractivity (Wildman–Crippen MR) is 63.5 cm³/mol. The zero-order chi connectivity index (χ0) is 10.8. The smallest absolute Gasteiger partial charge is 0.124 e. The van der Waals surface area contributed by atoms with Crippen LogP contribution in [0, 0.1) is 0 Å². The third-order valence-electron chi connectivity index (χ3n) is 2.09. The third-order valence-corrected chi connectivity index (χ3v) is 4.18. The first-order valence-electron chi connectivity index (χ1n) is 4.67. The second-order valence-corrected chi connectivity index (χ2v) is 9.97. The molecule has 0 unspecified atom stereocenters. The van der Waals surface area contributed by atoms with Crippen molar-refractivity contribution in [2.75, 3.05) is 0 Å². The number of benzene rings is 1. The Balaban J connectivity index is 2.75. The highest BCUT2D eigenvalue weighted by Crippen LogP contribution is 2.13. The average molecular weight is 227 g/mol. The monoisotopic (exact) mass is 226 g/mol.